The van der Waals surface area contributed by atoms with Crippen LogP contribution in [0.4, 0.5) is 0 Å². The molecule has 0 saturated carbocycles. The van der Waals surface area contributed by atoms with Gasteiger partial charge in [-0.05, 0) is 49.1 Å². The van der Waals surface area contributed by atoms with Gasteiger partial charge in [0.2, 0.25) is 0 Å². The SMILES string of the molecule is CC1CCCN(Cc2c(-c3ccccc3)[nH]c3ccc(Cl)cc3c2=O)C1. The lowest BCUT2D eigenvalue weighted by molar-refractivity contribution is 0.176. The summed E-state index contributed by atoms with van der Waals surface area (Å²) >= 11 is 6.15. The van der Waals surface area contributed by atoms with Crippen LogP contribution in [0.15, 0.2) is 53.3 Å². The van der Waals surface area contributed by atoms with Gasteiger partial charge in [0, 0.05) is 34.6 Å². The molecule has 1 saturated heterocycles. The zero-order chi connectivity index (χ0) is 18.1. The molecule has 26 heavy (non-hydrogen) atoms. The Kier molecular flexibility index (Phi) is 4.84. The van der Waals surface area contributed by atoms with Gasteiger partial charge in [-0.2, -0.15) is 0 Å². The molecular formula is C22H23ClN2O. The first-order valence-corrected chi connectivity index (χ1v) is 9.62. The second-order valence-corrected chi connectivity index (χ2v) is 7.78. The molecule has 4 rings (SSSR count). The largest absolute Gasteiger partial charge is 0.354 e. The lowest BCUT2D eigenvalue weighted by Gasteiger charge is -2.31. The minimum Gasteiger partial charge on any atom is -0.354 e. The molecule has 0 spiro atoms. The first kappa shape index (κ1) is 17.3. The van der Waals surface area contributed by atoms with Crippen LogP contribution in [-0.4, -0.2) is 23.0 Å². The van der Waals surface area contributed by atoms with E-state index >= 15 is 0 Å². The Balaban J connectivity index is 1.87. The van der Waals surface area contributed by atoms with E-state index in [-0.39, 0.29) is 5.43 Å². The van der Waals surface area contributed by atoms with E-state index in [2.05, 4.69) is 28.9 Å². The highest BCUT2D eigenvalue weighted by molar-refractivity contribution is 6.31. The summed E-state index contributed by atoms with van der Waals surface area (Å²) in [5, 5.41) is 1.25. The van der Waals surface area contributed by atoms with Crippen molar-refractivity contribution < 1.29 is 0 Å². The van der Waals surface area contributed by atoms with Crippen LogP contribution in [0.2, 0.25) is 5.02 Å². The third-order valence-corrected chi connectivity index (χ3v) is 5.48. The van der Waals surface area contributed by atoms with Gasteiger partial charge in [-0.25, -0.2) is 0 Å². The molecule has 1 fully saturated rings. The number of pyridine rings is 1. The van der Waals surface area contributed by atoms with Crippen LogP contribution in [0.5, 0.6) is 0 Å². The highest BCUT2D eigenvalue weighted by Crippen LogP contribution is 2.26. The third-order valence-electron chi connectivity index (χ3n) is 5.25. The van der Waals surface area contributed by atoms with Crippen LogP contribution in [0, 0.1) is 5.92 Å². The van der Waals surface area contributed by atoms with Crippen molar-refractivity contribution in [3.05, 3.63) is 69.3 Å². The van der Waals surface area contributed by atoms with Crippen molar-refractivity contribution in [2.24, 2.45) is 5.92 Å². The van der Waals surface area contributed by atoms with Crippen LogP contribution in [-0.2, 0) is 6.54 Å². The van der Waals surface area contributed by atoms with Crippen molar-refractivity contribution in [3.63, 3.8) is 0 Å². The number of benzene rings is 2. The van der Waals surface area contributed by atoms with Gasteiger partial charge in [-0.3, -0.25) is 9.69 Å². The second kappa shape index (κ2) is 7.26. The molecule has 1 N–H and O–H groups in total. The van der Waals surface area contributed by atoms with E-state index < -0.39 is 0 Å². The van der Waals surface area contributed by atoms with Gasteiger partial charge in [-0.1, -0.05) is 48.9 Å². The topological polar surface area (TPSA) is 36.1 Å². The van der Waals surface area contributed by atoms with E-state index in [1.54, 1.807) is 6.07 Å². The Morgan fingerprint density at radius 1 is 1.19 bits per heavy atom. The Bertz CT molecular complexity index is 981. The average molecular weight is 367 g/mol. The molecule has 1 unspecified atom stereocenters. The summed E-state index contributed by atoms with van der Waals surface area (Å²) in [6.45, 7) is 5.05. The number of hydrogen-bond donors (Lipinski definition) is 1. The highest BCUT2D eigenvalue weighted by atomic mass is 35.5. The number of hydrogen-bond acceptors (Lipinski definition) is 2. The van der Waals surface area contributed by atoms with Gasteiger partial charge in [0.15, 0.2) is 5.43 Å². The van der Waals surface area contributed by atoms with Crippen molar-refractivity contribution in [3.8, 4) is 11.3 Å². The standard InChI is InChI=1S/C22H23ClN2O/c1-15-6-5-11-25(13-15)14-19-21(16-7-3-2-4-8-16)24-20-10-9-17(23)12-18(20)22(19)26/h2-4,7-10,12,15H,5-6,11,13-14H2,1H3,(H,24,26). The van der Waals surface area contributed by atoms with Crippen molar-refractivity contribution in [1.29, 1.82) is 0 Å². The predicted molar refractivity (Wildman–Crippen MR) is 109 cm³/mol. The van der Waals surface area contributed by atoms with E-state index in [0.29, 0.717) is 22.9 Å². The van der Waals surface area contributed by atoms with Crippen LogP contribution < -0.4 is 5.43 Å². The smallest absolute Gasteiger partial charge is 0.194 e. The monoisotopic (exact) mass is 366 g/mol. The summed E-state index contributed by atoms with van der Waals surface area (Å²) < 4.78 is 0. The van der Waals surface area contributed by atoms with E-state index in [1.807, 2.05) is 30.3 Å². The van der Waals surface area contributed by atoms with E-state index in [1.165, 1.54) is 12.8 Å². The highest BCUT2D eigenvalue weighted by Gasteiger charge is 2.21. The summed E-state index contributed by atoms with van der Waals surface area (Å²) in [5.41, 5.74) is 3.71. The van der Waals surface area contributed by atoms with E-state index in [9.17, 15) is 4.79 Å². The number of halogens is 1. The van der Waals surface area contributed by atoms with Crippen LogP contribution in [0.25, 0.3) is 22.2 Å². The molecule has 0 amide bonds. The van der Waals surface area contributed by atoms with Crippen molar-refractivity contribution in [2.75, 3.05) is 13.1 Å². The second-order valence-electron chi connectivity index (χ2n) is 7.35. The molecule has 1 aromatic heterocycles. The maximum atomic E-state index is 13.3. The molecule has 1 aliphatic rings. The van der Waals surface area contributed by atoms with Gasteiger partial charge in [0.1, 0.15) is 0 Å². The fourth-order valence-corrected chi connectivity index (χ4v) is 4.13. The molecule has 3 nitrogen and oxygen atoms in total. The van der Waals surface area contributed by atoms with Gasteiger partial charge >= 0.3 is 0 Å². The number of likely N-dealkylation sites (tertiary alicyclic amines) is 1. The van der Waals surface area contributed by atoms with Crippen molar-refractivity contribution in [2.45, 2.75) is 26.3 Å². The molecule has 0 radical (unpaired) electrons. The molecule has 2 aromatic carbocycles. The zero-order valence-corrected chi connectivity index (χ0v) is 15.7. The molecule has 0 bridgehead atoms. The van der Waals surface area contributed by atoms with Crippen LogP contribution in [0.3, 0.4) is 0 Å². The fraction of sp³-hybridized carbons (Fsp3) is 0.318. The number of piperidine rings is 1. The lowest BCUT2D eigenvalue weighted by atomic mass is 9.98. The summed E-state index contributed by atoms with van der Waals surface area (Å²) in [6, 6.07) is 15.6. The quantitative estimate of drug-likeness (QED) is 0.701. The van der Waals surface area contributed by atoms with Crippen LogP contribution >= 0.6 is 11.6 Å². The first-order chi connectivity index (χ1) is 12.6. The maximum Gasteiger partial charge on any atom is 0.194 e. The Morgan fingerprint density at radius 3 is 2.77 bits per heavy atom. The van der Waals surface area contributed by atoms with E-state index in [0.717, 1.165) is 35.4 Å². The van der Waals surface area contributed by atoms with E-state index in [4.69, 9.17) is 11.6 Å². The van der Waals surface area contributed by atoms with Crippen molar-refractivity contribution in [1.82, 2.24) is 9.88 Å². The number of nitrogens with zero attached hydrogens (tertiary/aromatic N) is 1. The normalized spacial score (nSPS) is 18.3. The number of H-pyrrole nitrogens is 1. The predicted octanol–water partition coefficient (Wildman–Crippen LogP) is 5.08. The molecule has 3 aromatic rings. The fourth-order valence-electron chi connectivity index (χ4n) is 3.96. The maximum absolute atomic E-state index is 13.3. The number of aromatic amines is 1. The number of nitrogens with one attached hydrogen (secondary N) is 1. The molecule has 2 heterocycles. The van der Waals surface area contributed by atoms with Gasteiger partial charge in [0.25, 0.3) is 0 Å². The molecule has 4 heteroatoms. The molecule has 1 atom stereocenters. The Labute approximate surface area is 158 Å². The number of rotatable bonds is 3. The summed E-state index contributed by atoms with van der Waals surface area (Å²) in [6.07, 6.45) is 2.46. The Morgan fingerprint density at radius 2 is 2.00 bits per heavy atom. The molecule has 134 valence electrons. The molecular weight excluding hydrogens is 344 g/mol. The molecule has 0 aliphatic carbocycles. The average Bonchev–Trinajstić information content (AvgIpc) is 2.65. The lowest BCUT2D eigenvalue weighted by Crippen LogP contribution is -2.35. The van der Waals surface area contributed by atoms with Gasteiger partial charge in [-0.15, -0.1) is 0 Å². The summed E-state index contributed by atoms with van der Waals surface area (Å²) in [7, 11) is 0. The van der Waals surface area contributed by atoms with Crippen molar-refractivity contribution >= 4 is 22.5 Å². The van der Waals surface area contributed by atoms with Crippen LogP contribution in [0.1, 0.15) is 25.3 Å². The Hall–Kier alpha value is -2.10. The summed E-state index contributed by atoms with van der Waals surface area (Å²) in [5.74, 6) is 0.679. The molecule has 1 aliphatic heterocycles. The van der Waals surface area contributed by atoms with Gasteiger partial charge < -0.3 is 4.98 Å². The minimum absolute atomic E-state index is 0.0818. The number of aromatic nitrogens is 1. The minimum atomic E-state index is 0.0818. The van der Waals surface area contributed by atoms with Gasteiger partial charge in [0.05, 0.1) is 5.69 Å². The number of fused-ring (bicyclic) bond motifs is 1. The third kappa shape index (κ3) is 3.42. The summed E-state index contributed by atoms with van der Waals surface area (Å²) in [4.78, 5) is 19.2. The zero-order valence-electron chi connectivity index (χ0n) is 15.0. The first-order valence-electron chi connectivity index (χ1n) is 9.24.